The van der Waals surface area contributed by atoms with Gasteiger partial charge in [0.1, 0.15) is 11.4 Å². The van der Waals surface area contributed by atoms with Crippen LogP contribution in [-0.4, -0.2) is 23.8 Å². The van der Waals surface area contributed by atoms with E-state index in [1.807, 2.05) is 6.92 Å². The lowest BCUT2D eigenvalue weighted by Crippen LogP contribution is -2.24. The lowest BCUT2D eigenvalue weighted by atomic mass is 10.3. The maximum Gasteiger partial charge on any atom is 0.573 e. The lowest BCUT2D eigenvalue weighted by Gasteiger charge is -2.09. The number of nitrogens with one attached hydrogen (secondary N) is 2. The normalized spacial score (nSPS) is 11.1. The third-order valence-corrected chi connectivity index (χ3v) is 3.37. The predicted octanol–water partition coefficient (Wildman–Crippen LogP) is 3.93. The average molecular weight is 345 g/mol. The highest BCUT2D eigenvalue weighted by molar-refractivity contribution is 7.14. The van der Waals surface area contributed by atoms with Gasteiger partial charge in [0.2, 0.25) is 0 Å². The van der Waals surface area contributed by atoms with Crippen LogP contribution in [0.25, 0.3) is 0 Å². The van der Waals surface area contributed by atoms with E-state index < -0.39 is 6.36 Å². The lowest BCUT2D eigenvalue weighted by molar-refractivity contribution is -0.274. The molecule has 23 heavy (non-hydrogen) atoms. The maximum atomic E-state index is 12.1. The Kier molecular flexibility index (Phi) is 5.43. The van der Waals surface area contributed by atoms with E-state index in [0.717, 1.165) is 6.42 Å². The van der Waals surface area contributed by atoms with E-state index in [1.54, 1.807) is 5.38 Å². The molecule has 0 atom stereocenters. The SMILES string of the molecule is CCCNC(=O)c1csc(Nc2ccc(OC(F)(F)F)cc2)n1. The molecule has 0 bridgehead atoms. The molecule has 124 valence electrons. The number of carbonyl (C=O) groups is 1. The second-order valence-electron chi connectivity index (χ2n) is 4.49. The third-order valence-electron chi connectivity index (χ3n) is 2.61. The molecule has 0 fully saturated rings. The number of carbonyl (C=O) groups excluding carboxylic acids is 1. The van der Waals surface area contributed by atoms with E-state index in [9.17, 15) is 18.0 Å². The number of hydrogen-bond acceptors (Lipinski definition) is 5. The van der Waals surface area contributed by atoms with Crippen LogP contribution in [0.3, 0.4) is 0 Å². The topological polar surface area (TPSA) is 63.2 Å². The van der Waals surface area contributed by atoms with E-state index in [2.05, 4.69) is 20.4 Å². The molecular formula is C14H14F3N3O2S. The van der Waals surface area contributed by atoms with Crippen LogP contribution >= 0.6 is 11.3 Å². The molecule has 0 aliphatic heterocycles. The molecule has 0 spiro atoms. The Morgan fingerprint density at radius 3 is 2.61 bits per heavy atom. The van der Waals surface area contributed by atoms with E-state index in [0.29, 0.717) is 23.1 Å². The molecule has 1 aromatic carbocycles. The Hall–Kier alpha value is -2.29. The first-order valence-electron chi connectivity index (χ1n) is 6.74. The highest BCUT2D eigenvalue weighted by atomic mass is 32.1. The second-order valence-corrected chi connectivity index (χ2v) is 5.35. The molecule has 1 aromatic heterocycles. The summed E-state index contributed by atoms with van der Waals surface area (Å²) in [6.07, 6.45) is -3.89. The quantitative estimate of drug-likeness (QED) is 0.833. The van der Waals surface area contributed by atoms with Crippen molar-refractivity contribution in [1.29, 1.82) is 0 Å². The van der Waals surface area contributed by atoms with Gasteiger partial charge in [0, 0.05) is 17.6 Å². The third kappa shape index (κ3) is 5.44. The van der Waals surface area contributed by atoms with Crippen molar-refractivity contribution in [3.05, 3.63) is 35.3 Å². The molecule has 0 saturated carbocycles. The number of ether oxygens (including phenoxy) is 1. The minimum absolute atomic E-state index is 0.259. The summed E-state index contributed by atoms with van der Waals surface area (Å²) in [7, 11) is 0. The highest BCUT2D eigenvalue weighted by Gasteiger charge is 2.30. The number of halogens is 3. The van der Waals surface area contributed by atoms with E-state index in [1.165, 1.54) is 35.6 Å². The number of hydrogen-bond donors (Lipinski definition) is 2. The Morgan fingerprint density at radius 1 is 1.30 bits per heavy atom. The van der Waals surface area contributed by atoms with Gasteiger partial charge in [0.25, 0.3) is 5.91 Å². The Labute approximate surface area is 134 Å². The highest BCUT2D eigenvalue weighted by Crippen LogP contribution is 2.26. The number of alkyl halides is 3. The fourth-order valence-electron chi connectivity index (χ4n) is 1.63. The number of anilines is 2. The molecule has 9 heteroatoms. The van der Waals surface area contributed by atoms with Crippen LogP contribution in [0.2, 0.25) is 0 Å². The Bertz CT molecular complexity index is 656. The summed E-state index contributed by atoms with van der Waals surface area (Å²) in [6, 6.07) is 5.25. The first-order valence-corrected chi connectivity index (χ1v) is 7.62. The van der Waals surface area contributed by atoms with Gasteiger partial charge in [-0.15, -0.1) is 24.5 Å². The van der Waals surface area contributed by atoms with Crippen molar-refractivity contribution in [3.63, 3.8) is 0 Å². The summed E-state index contributed by atoms with van der Waals surface area (Å²) >= 11 is 1.23. The summed E-state index contributed by atoms with van der Waals surface area (Å²) in [5.41, 5.74) is 0.831. The zero-order valence-electron chi connectivity index (χ0n) is 12.1. The molecule has 1 heterocycles. The number of rotatable bonds is 6. The van der Waals surface area contributed by atoms with Crippen LogP contribution < -0.4 is 15.4 Å². The molecule has 0 unspecified atom stereocenters. The van der Waals surface area contributed by atoms with Gasteiger partial charge in [0.05, 0.1) is 0 Å². The molecular weight excluding hydrogens is 331 g/mol. The van der Waals surface area contributed by atoms with E-state index in [4.69, 9.17) is 0 Å². The summed E-state index contributed by atoms with van der Waals surface area (Å²) in [6.45, 7) is 2.51. The van der Waals surface area contributed by atoms with Crippen molar-refractivity contribution in [2.75, 3.05) is 11.9 Å². The largest absolute Gasteiger partial charge is 0.573 e. The number of aromatic nitrogens is 1. The Morgan fingerprint density at radius 2 is 2.00 bits per heavy atom. The number of benzene rings is 1. The summed E-state index contributed by atoms with van der Waals surface area (Å²) in [5, 5.41) is 7.70. The minimum Gasteiger partial charge on any atom is -0.406 e. The van der Waals surface area contributed by atoms with Crippen LogP contribution in [0.4, 0.5) is 24.0 Å². The number of amides is 1. The number of nitrogens with zero attached hydrogens (tertiary/aromatic N) is 1. The van der Waals surface area contributed by atoms with Crippen molar-refractivity contribution in [1.82, 2.24) is 10.3 Å². The van der Waals surface area contributed by atoms with Gasteiger partial charge in [-0.2, -0.15) is 0 Å². The van der Waals surface area contributed by atoms with Gasteiger partial charge in [-0.25, -0.2) is 4.98 Å². The molecule has 2 N–H and O–H groups in total. The molecule has 0 saturated heterocycles. The molecule has 1 amide bonds. The minimum atomic E-state index is -4.72. The second kappa shape index (κ2) is 7.32. The summed E-state index contributed by atoms with van der Waals surface area (Å²) in [4.78, 5) is 15.9. The van der Waals surface area contributed by atoms with Crippen LogP contribution in [0, 0.1) is 0 Å². The Balaban J connectivity index is 1.97. The molecule has 5 nitrogen and oxygen atoms in total. The van der Waals surface area contributed by atoms with E-state index >= 15 is 0 Å². The van der Waals surface area contributed by atoms with Crippen LogP contribution in [-0.2, 0) is 0 Å². The van der Waals surface area contributed by atoms with Gasteiger partial charge >= 0.3 is 6.36 Å². The first-order chi connectivity index (χ1) is 10.9. The van der Waals surface area contributed by atoms with Crippen LogP contribution in [0.1, 0.15) is 23.8 Å². The molecule has 0 aliphatic rings. The summed E-state index contributed by atoms with van der Waals surface area (Å²) in [5.74, 6) is -0.563. The predicted molar refractivity (Wildman–Crippen MR) is 81.1 cm³/mol. The maximum absolute atomic E-state index is 12.1. The van der Waals surface area contributed by atoms with E-state index in [-0.39, 0.29) is 11.7 Å². The monoisotopic (exact) mass is 345 g/mol. The zero-order chi connectivity index (χ0) is 16.9. The van der Waals surface area contributed by atoms with Gasteiger partial charge in [-0.1, -0.05) is 6.92 Å². The molecule has 2 aromatic rings. The fourth-order valence-corrected chi connectivity index (χ4v) is 2.34. The van der Waals surface area contributed by atoms with Crippen molar-refractivity contribution in [2.45, 2.75) is 19.7 Å². The van der Waals surface area contributed by atoms with Crippen molar-refractivity contribution < 1.29 is 22.7 Å². The van der Waals surface area contributed by atoms with Crippen LogP contribution in [0.5, 0.6) is 5.75 Å². The molecule has 2 rings (SSSR count). The van der Waals surface area contributed by atoms with Crippen molar-refractivity contribution >= 4 is 28.1 Å². The van der Waals surface area contributed by atoms with Crippen molar-refractivity contribution in [2.24, 2.45) is 0 Å². The number of thiazole rings is 1. The van der Waals surface area contributed by atoms with Crippen molar-refractivity contribution in [3.8, 4) is 5.75 Å². The van der Waals surface area contributed by atoms with Gasteiger partial charge in [0.15, 0.2) is 5.13 Å². The van der Waals surface area contributed by atoms with Gasteiger partial charge in [-0.05, 0) is 30.7 Å². The van der Waals surface area contributed by atoms with Gasteiger partial charge in [-0.3, -0.25) is 4.79 Å². The summed E-state index contributed by atoms with van der Waals surface area (Å²) < 4.78 is 40.0. The first kappa shape index (κ1) is 17.1. The fraction of sp³-hybridized carbons (Fsp3) is 0.286. The van der Waals surface area contributed by atoms with Crippen LogP contribution in [0.15, 0.2) is 29.6 Å². The smallest absolute Gasteiger partial charge is 0.406 e. The zero-order valence-corrected chi connectivity index (χ0v) is 12.9. The average Bonchev–Trinajstić information content (AvgIpc) is 2.94. The van der Waals surface area contributed by atoms with Gasteiger partial charge < -0.3 is 15.4 Å². The standard InChI is InChI=1S/C14H14F3N3O2S/c1-2-7-18-12(21)11-8-23-13(20-11)19-9-3-5-10(6-4-9)22-14(15,16)17/h3-6,8H,2,7H2,1H3,(H,18,21)(H,19,20). The molecule has 0 aliphatic carbocycles. The molecule has 0 radical (unpaired) electrons.